The molecule has 7 nitrogen and oxygen atoms in total. The van der Waals surface area contributed by atoms with Gasteiger partial charge >= 0.3 is 5.97 Å². The molecule has 7 heteroatoms. The number of nitrogens with zero attached hydrogens (tertiary/aromatic N) is 2. The number of carbonyl (C=O) groups excluding carboxylic acids is 1. The minimum Gasteiger partial charge on any atom is -0.481 e. The zero-order valence-electron chi connectivity index (χ0n) is 9.38. The van der Waals surface area contributed by atoms with E-state index in [0.29, 0.717) is 6.42 Å². The number of carboxylic acids is 1. The molecular formula is C10H14N4O3. The summed E-state index contributed by atoms with van der Waals surface area (Å²) in [5.74, 6) is -1.30. The first kappa shape index (κ1) is 12.9. The molecule has 1 amide bonds. The minimum absolute atomic E-state index is 0.00258. The van der Waals surface area contributed by atoms with Crippen LogP contribution in [0.5, 0.6) is 0 Å². The SMILES string of the molecule is CC(CCC(=O)O)NC(=O)c1nccnc1N. The van der Waals surface area contributed by atoms with Crippen molar-refractivity contribution in [1.82, 2.24) is 15.3 Å². The Labute approximate surface area is 98.1 Å². The van der Waals surface area contributed by atoms with Gasteiger partial charge in [0.1, 0.15) is 0 Å². The molecule has 0 bridgehead atoms. The quantitative estimate of drug-likeness (QED) is 0.666. The zero-order valence-corrected chi connectivity index (χ0v) is 9.38. The van der Waals surface area contributed by atoms with E-state index in [2.05, 4.69) is 15.3 Å². The lowest BCUT2D eigenvalue weighted by Crippen LogP contribution is -2.34. The second-order valence-electron chi connectivity index (χ2n) is 3.60. The van der Waals surface area contributed by atoms with Gasteiger partial charge in [-0.05, 0) is 13.3 Å². The summed E-state index contributed by atoms with van der Waals surface area (Å²) in [6.07, 6.45) is 3.10. The zero-order chi connectivity index (χ0) is 12.8. The number of carbonyl (C=O) groups is 2. The van der Waals surface area contributed by atoms with Gasteiger partial charge in [-0.15, -0.1) is 0 Å². The summed E-state index contributed by atoms with van der Waals surface area (Å²) in [7, 11) is 0. The summed E-state index contributed by atoms with van der Waals surface area (Å²) in [6, 6.07) is -0.264. The average molecular weight is 238 g/mol. The molecule has 17 heavy (non-hydrogen) atoms. The highest BCUT2D eigenvalue weighted by Crippen LogP contribution is 2.04. The third-order valence-electron chi connectivity index (χ3n) is 2.11. The van der Waals surface area contributed by atoms with Crippen molar-refractivity contribution in [1.29, 1.82) is 0 Å². The monoisotopic (exact) mass is 238 g/mol. The molecule has 1 rings (SSSR count). The summed E-state index contributed by atoms with van der Waals surface area (Å²) in [5.41, 5.74) is 5.54. The Morgan fingerprint density at radius 1 is 1.47 bits per heavy atom. The number of aliphatic carboxylic acids is 1. The molecule has 0 spiro atoms. The van der Waals surface area contributed by atoms with Crippen LogP contribution in [0.1, 0.15) is 30.3 Å². The number of carboxylic acid groups (broad SMARTS) is 1. The van der Waals surface area contributed by atoms with E-state index in [1.807, 2.05) is 0 Å². The highest BCUT2D eigenvalue weighted by molar-refractivity contribution is 5.96. The predicted octanol–water partition coefficient (Wildman–Crippen LogP) is 0.0419. The van der Waals surface area contributed by atoms with Gasteiger partial charge in [-0.1, -0.05) is 0 Å². The standard InChI is InChI=1S/C10H14N4O3/c1-6(2-3-7(15)16)14-10(17)8-9(11)13-5-4-12-8/h4-6H,2-3H2,1H3,(H2,11,13)(H,14,17)(H,15,16). The third kappa shape index (κ3) is 4.06. The number of hydrogen-bond acceptors (Lipinski definition) is 5. The number of nitrogens with two attached hydrogens (primary N) is 1. The van der Waals surface area contributed by atoms with Crippen LogP contribution in [0.15, 0.2) is 12.4 Å². The topological polar surface area (TPSA) is 118 Å². The highest BCUT2D eigenvalue weighted by Gasteiger charge is 2.14. The van der Waals surface area contributed by atoms with Crippen molar-refractivity contribution >= 4 is 17.7 Å². The minimum atomic E-state index is -0.898. The van der Waals surface area contributed by atoms with Crippen molar-refractivity contribution in [3.63, 3.8) is 0 Å². The van der Waals surface area contributed by atoms with Crippen molar-refractivity contribution in [2.45, 2.75) is 25.8 Å². The fourth-order valence-electron chi connectivity index (χ4n) is 1.23. The number of amides is 1. The third-order valence-corrected chi connectivity index (χ3v) is 2.11. The number of anilines is 1. The Kier molecular flexibility index (Phi) is 4.38. The number of nitrogens with one attached hydrogen (secondary N) is 1. The van der Waals surface area contributed by atoms with Gasteiger partial charge in [-0.3, -0.25) is 9.59 Å². The second-order valence-corrected chi connectivity index (χ2v) is 3.60. The molecule has 4 N–H and O–H groups in total. The van der Waals surface area contributed by atoms with E-state index in [1.165, 1.54) is 12.4 Å². The molecule has 0 aliphatic heterocycles. The normalized spacial score (nSPS) is 11.8. The van der Waals surface area contributed by atoms with E-state index in [1.54, 1.807) is 6.92 Å². The molecule has 0 aromatic carbocycles. The van der Waals surface area contributed by atoms with Crippen LogP contribution in [0.4, 0.5) is 5.82 Å². The summed E-state index contributed by atoms with van der Waals surface area (Å²) in [5, 5.41) is 11.1. The van der Waals surface area contributed by atoms with E-state index >= 15 is 0 Å². The van der Waals surface area contributed by atoms with Crippen molar-refractivity contribution in [2.24, 2.45) is 0 Å². The summed E-state index contributed by atoms with van der Waals surface area (Å²) < 4.78 is 0. The molecule has 1 aromatic heterocycles. The van der Waals surface area contributed by atoms with Gasteiger partial charge in [0, 0.05) is 24.9 Å². The molecule has 1 heterocycles. The number of aromatic nitrogens is 2. The van der Waals surface area contributed by atoms with Crippen molar-refractivity contribution in [3.05, 3.63) is 18.1 Å². The van der Waals surface area contributed by atoms with Crippen molar-refractivity contribution < 1.29 is 14.7 Å². The van der Waals surface area contributed by atoms with Crippen LogP contribution >= 0.6 is 0 Å². The molecule has 1 aromatic rings. The van der Waals surface area contributed by atoms with Crippen LogP contribution in [-0.2, 0) is 4.79 Å². The van der Waals surface area contributed by atoms with E-state index in [-0.39, 0.29) is 24.0 Å². The van der Waals surface area contributed by atoms with Crippen LogP contribution < -0.4 is 11.1 Å². The number of nitrogen functional groups attached to an aromatic ring is 1. The molecule has 0 fully saturated rings. The maximum absolute atomic E-state index is 11.7. The van der Waals surface area contributed by atoms with Crippen molar-refractivity contribution in [2.75, 3.05) is 5.73 Å². The van der Waals surface area contributed by atoms with Crippen LogP contribution in [0, 0.1) is 0 Å². The molecule has 0 radical (unpaired) electrons. The average Bonchev–Trinajstić information content (AvgIpc) is 2.26. The second kappa shape index (κ2) is 5.78. The lowest BCUT2D eigenvalue weighted by Gasteiger charge is -2.12. The van der Waals surface area contributed by atoms with Gasteiger partial charge < -0.3 is 16.2 Å². The van der Waals surface area contributed by atoms with E-state index in [0.717, 1.165) is 0 Å². The highest BCUT2D eigenvalue weighted by atomic mass is 16.4. The van der Waals surface area contributed by atoms with Gasteiger partial charge in [-0.25, -0.2) is 9.97 Å². The Hall–Kier alpha value is -2.18. The van der Waals surface area contributed by atoms with Gasteiger partial charge in [0.25, 0.3) is 5.91 Å². The summed E-state index contributed by atoms with van der Waals surface area (Å²) in [6.45, 7) is 1.72. The first-order chi connectivity index (χ1) is 8.00. The smallest absolute Gasteiger partial charge is 0.303 e. The first-order valence-corrected chi connectivity index (χ1v) is 5.10. The molecule has 0 saturated heterocycles. The summed E-state index contributed by atoms with van der Waals surface area (Å²) >= 11 is 0. The maximum Gasteiger partial charge on any atom is 0.303 e. The molecule has 92 valence electrons. The van der Waals surface area contributed by atoms with Crippen LogP contribution in [0.2, 0.25) is 0 Å². The van der Waals surface area contributed by atoms with Crippen molar-refractivity contribution in [3.8, 4) is 0 Å². The van der Waals surface area contributed by atoms with E-state index in [9.17, 15) is 9.59 Å². The van der Waals surface area contributed by atoms with Crippen LogP contribution in [0.25, 0.3) is 0 Å². The molecule has 0 aliphatic rings. The van der Waals surface area contributed by atoms with Crippen LogP contribution in [-0.4, -0.2) is 33.0 Å². The van der Waals surface area contributed by atoms with Crippen LogP contribution in [0.3, 0.4) is 0 Å². The largest absolute Gasteiger partial charge is 0.481 e. The number of rotatable bonds is 5. The fraction of sp³-hybridized carbons (Fsp3) is 0.400. The fourth-order valence-corrected chi connectivity index (χ4v) is 1.23. The van der Waals surface area contributed by atoms with E-state index < -0.39 is 11.9 Å². The molecule has 1 unspecified atom stereocenters. The Bertz CT molecular complexity index is 422. The number of hydrogen-bond donors (Lipinski definition) is 3. The maximum atomic E-state index is 11.7. The van der Waals surface area contributed by atoms with Gasteiger partial charge in [0.15, 0.2) is 11.5 Å². The molecule has 0 saturated carbocycles. The predicted molar refractivity (Wildman–Crippen MR) is 60.2 cm³/mol. The Balaban J connectivity index is 2.55. The van der Waals surface area contributed by atoms with E-state index in [4.69, 9.17) is 10.8 Å². The molecule has 1 atom stereocenters. The first-order valence-electron chi connectivity index (χ1n) is 5.10. The van der Waals surface area contributed by atoms with Gasteiger partial charge in [-0.2, -0.15) is 0 Å². The Morgan fingerprint density at radius 2 is 2.12 bits per heavy atom. The van der Waals surface area contributed by atoms with Gasteiger partial charge in [0.2, 0.25) is 0 Å². The lowest BCUT2D eigenvalue weighted by atomic mass is 10.2. The molecule has 0 aliphatic carbocycles. The Morgan fingerprint density at radius 3 is 2.71 bits per heavy atom. The lowest BCUT2D eigenvalue weighted by molar-refractivity contribution is -0.137. The summed E-state index contributed by atoms with van der Waals surface area (Å²) in [4.78, 5) is 29.6. The van der Waals surface area contributed by atoms with Gasteiger partial charge in [0.05, 0.1) is 0 Å². The molecular weight excluding hydrogens is 224 g/mol.